The van der Waals surface area contributed by atoms with E-state index in [-0.39, 0.29) is 13.0 Å². The zero-order valence-electron chi connectivity index (χ0n) is 5.53. The number of hydrogen-bond acceptors (Lipinski definition) is 4. The quantitative estimate of drug-likeness (QED) is 0.372. The number of aliphatic carboxylic acids is 1. The minimum absolute atomic E-state index is 0.137. The number of rotatable bonds is 4. The van der Waals surface area contributed by atoms with Crippen LogP contribution in [0, 0.1) is 0 Å². The topological polar surface area (TPSA) is 110 Å². The van der Waals surface area contributed by atoms with Crippen LogP contribution in [0.15, 0.2) is 0 Å². The summed E-state index contributed by atoms with van der Waals surface area (Å²) in [6.07, 6.45) is 0.216. The first-order valence-electron chi connectivity index (χ1n) is 2.94. The Bertz CT molecular complexity index is 117. The van der Waals surface area contributed by atoms with Crippen LogP contribution in [0.3, 0.4) is 0 Å². The van der Waals surface area contributed by atoms with Gasteiger partial charge >= 0.3 is 5.97 Å². The maximum absolute atomic E-state index is 10.1. The van der Waals surface area contributed by atoms with Gasteiger partial charge in [0.1, 0.15) is 6.04 Å². The normalized spacial score (nSPS) is 16.3. The van der Waals surface area contributed by atoms with Crippen molar-refractivity contribution in [3.63, 3.8) is 0 Å². The molecule has 0 radical (unpaired) electrons. The van der Waals surface area contributed by atoms with Crippen LogP contribution in [-0.4, -0.2) is 34.9 Å². The van der Waals surface area contributed by atoms with E-state index in [1.54, 1.807) is 0 Å². The monoisotopic (exact) mass is 148 g/mol. The van der Waals surface area contributed by atoms with Crippen molar-refractivity contribution in [1.82, 2.24) is 0 Å². The Hall–Kier alpha value is -0.650. The van der Waals surface area contributed by atoms with Crippen LogP contribution in [0.5, 0.6) is 0 Å². The van der Waals surface area contributed by atoms with E-state index in [1.165, 1.54) is 0 Å². The van der Waals surface area contributed by atoms with Crippen molar-refractivity contribution in [2.45, 2.75) is 18.5 Å². The highest BCUT2D eigenvalue weighted by molar-refractivity contribution is 5.74. The highest BCUT2D eigenvalue weighted by Crippen LogP contribution is 1.91. The maximum atomic E-state index is 10.1. The van der Waals surface area contributed by atoms with E-state index < -0.39 is 18.1 Å². The molecule has 2 atom stereocenters. The van der Waals surface area contributed by atoms with Gasteiger partial charge in [-0.1, -0.05) is 0 Å². The van der Waals surface area contributed by atoms with Gasteiger partial charge in [0.05, 0.1) is 0 Å². The molecule has 0 aromatic rings. The molecule has 10 heavy (non-hydrogen) atoms. The van der Waals surface area contributed by atoms with E-state index in [1.807, 2.05) is 0 Å². The molecule has 0 saturated carbocycles. The van der Waals surface area contributed by atoms with Gasteiger partial charge in [-0.25, -0.2) is 0 Å². The van der Waals surface area contributed by atoms with Gasteiger partial charge in [0.2, 0.25) is 0 Å². The Morgan fingerprint density at radius 1 is 1.50 bits per heavy atom. The first kappa shape index (κ1) is 9.35. The number of carboxylic acids is 1. The van der Waals surface area contributed by atoms with Gasteiger partial charge in [-0.2, -0.15) is 0 Å². The SMILES string of the molecule is NC(CCO)C(N)C(=O)O. The number of nitrogens with two attached hydrogens (primary N) is 2. The molecule has 0 aromatic heterocycles. The summed E-state index contributed by atoms with van der Waals surface area (Å²) in [5, 5.41) is 16.6. The highest BCUT2D eigenvalue weighted by atomic mass is 16.4. The zero-order chi connectivity index (χ0) is 8.15. The van der Waals surface area contributed by atoms with Crippen molar-refractivity contribution in [2.75, 3.05) is 6.61 Å². The van der Waals surface area contributed by atoms with Crippen LogP contribution >= 0.6 is 0 Å². The van der Waals surface area contributed by atoms with E-state index in [4.69, 9.17) is 21.7 Å². The first-order chi connectivity index (χ1) is 4.59. The lowest BCUT2D eigenvalue weighted by molar-refractivity contribution is -0.139. The molecule has 0 aromatic carbocycles. The molecule has 2 unspecified atom stereocenters. The summed E-state index contributed by atoms with van der Waals surface area (Å²) in [7, 11) is 0. The lowest BCUT2D eigenvalue weighted by Crippen LogP contribution is -2.47. The minimum atomic E-state index is -1.14. The van der Waals surface area contributed by atoms with E-state index in [2.05, 4.69) is 0 Å². The summed E-state index contributed by atoms with van der Waals surface area (Å²) in [4.78, 5) is 10.1. The molecule has 5 heteroatoms. The number of hydrogen-bond donors (Lipinski definition) is 4. The fraction of sp³-hybridized carbons (Fsp3) is 0.800. The predicted octanol–water partition coefficient (Wildman–Crippen LogP) is -1.89. The molecule has 0 saturated heterocycles. The minimum Gasteiger partial charge on any atom is -0.480 e. The third kappa shape index (κ3) is 2.77. The van der Waals surface area contributed by atoms with E-state index >= 15 is 0 Å². The molecule has 0 aliphatic heterocycles. The van der Waals surface area contributed by atoms with Gasteiger partial charge < -0.3 is 21.7 Å². The van der Waals surface area contributed by atoms with Crippen molar-refractivity contribution >= 4 is 5.97 Å². The van der Waals surface area contributed by atoms with Crippen LogP contribution in [-0.2, 0) is 4.79 Å². The second-order valence-corrected chi connectivity index (χ2v) is 2.04. The molecule has 0 aliphatic carbocycles. The molecule has 0 heterocycles. The Labute approximate surface area is 58.6 Å². The molecule has 0 bridgehead atoms. The largest absolute Gasteiger partial charge is 0.480 e. The Kier molecular flexibility index (Phi) is 3.94. The lowest BCUT2D eigenvalue weighted by atomic mass is 10.1. The third-order valence-electron chi connectivity index (χ3n) is 1.21. The van der Waals surface area contributed by atoms with Gasteiger partial charge in [-0.05, 0) is 6.42 Å². The van der Waals surface area contributed by atoms with Gasteiger partial charge in [-0.3, -0.25) is 4.79 Å². The average Bonchev–Trinajstić information content (AvgIpc) is 1.87. The van der Waals surface area contributed by atoms with Crippen molar-refractivity contribution in [3.8, 4) is 0 Å². The van der Waals surface area contributed by atoms with Crippen molar-refractivity contribution in [2.24, 2.45) is 11.5 Å². The second kappa shape index (κ2) is 4.21. The zero-order valence-corrected chi connectivity index (χ0v) is 5.53. The van der Waals surface area contributed by atoms with E-state index in [0.29, 0.717) is 0 Å². The van der Waals surface area contributed by atoms with Crippen LogP contribution in [0.2, 0.25) is 0 Å². The average molecular weight is 148 g/mol. The Balaban J connectivity index is 3.69. The molecule has 60 valence electrons. The summed E-state index contributed by atoms with van der Waals surface area (Å²) in [5.41, 5.74) is 10.4. The highest BCUT2D eigenvalue weighted by Gasteiger charge is 2.19. The number of aliphatic hydroxyl groups excluding tert-OH is 1. The smallest absolute Gasteiger partial charge is 0.322 e. The van der Waals surface area contributed by atoms with Crippen LogP contribution in [0.4, 0.5) is 0 Å². The molecular formula is C5H12N2O3. The summed E-state index contributed by atoms with van der Waals surface area (Å²) < 4.78 is 0. The maximum Gasteiger partial charge on any atom is 0.322 e. The van der Waals surface area contributed by atoms with Crippen LogP contribution in [0.1, 0.15) is 6.42 Å². The Morgan fingerprint density at radius 2 is 2.00 bits per heavy atom. The number of carboxylic acid groups (broad SMARTS) is 1. The van der Waals surface area contributed by atoms with Crippen LogP contribution < -0.4 is 11.5 Å². The molecule has 0 fully saturated rings. The van der Waals surface area contributed by atoms with Gasteiger partial charge in [0.15, 0.2) is 0 Å². The fourth-order valence-electron chi connectivity index (χ4n) is 0.512. The summed E-state index contributed by atoms with van der Waals surface area (Å²) in [5.74, 6) is -1.14. The van der Waals surface area contributed by atoms with Gasteiger partial charge in [0.25, 0.3) is 0 Å². The van der Waals surface area contributed by atoms with Crippen molar-refractivity contribution < 1.29 is 15.0 Å². The van der Waals surface area contributed by atoms with Gasteiger partial charge in [-0.15, -0.1) is 0 Å². The number of aliphatic hydroxyl groups is 1. The van der Waals surface area contributed by atoms with E-state index in [9.17, 15) is 4.79 Å². The van der Waals surface area contributed by atoms with Crippen LogP contribution in [0.25, 0.3) is 0 Å². The lowest BCUT2D eigenvalue weighted by Gasteiger charge is -2.13. The molecule has 5 nitrogen and oxygen atoms in total. The molecule has 0 amide bonds. The molecule has 0 spiro atoms. The molecular weight excluding hydrogens is 136 g/mol. The summed E-state index contributed by atoms with van der Waals surface area (Å²) >= 11 is 0. The molecule has 0 rings (SSSR count). The molecule has 0 aliphatic rings. The first-order valence-corrected chi connectivity index (χ1v) is 2.94. The summed E-state index contributed by atoms with van der Waals surface area (Å²) in [6, 6.07) is -1.74. The van der Waals surface area contributed by atoms with E-state index in [0.717, 1.165) is 0 Å². The van der Waals surface area contributed by atoms with Crippen molar-refractivity contribution in [3.05, 3.63) is 0 Å². The predicted molar refractivity (Wildman–Crippen MR) is 35.3 cm³/mol. The van der Waals surface area contributed by atoms with Crippen molar-refractivity contribution in [1.29, 1.82) is 0 Å². The molecule has 6 N–H and O–H groups in total. The number of carbonyl (C=O) groups is 1. The second-order valence-electron chi connectivity index (χ2n) is 2.04. The van der Waals surface area contributed by atoms with Gasteiger partial charge in [0, 0.05) is 12.6 Å². The fourth-order valence-corrected chi connectivity index (χ4v) is 0.512. The third-order valence-corrected chi connectivity index (χ3v) is 1.21. The standard InChI is InChI=1S/C5H12N2O3/c6-3(1-2-8)4(7)5(9)10/h3-4,8H,1-2,6-7H2,(H,9,10). The summed E-state index contributed by atoms with van der Waals surface area (Å²) in [6.45, 7) is -0.137. The Morgan fingerprint density at radius 3 is 2.30 bits per heavy atom.